The number of benzene rings is 3. The van der Waals surface area contributed by atoms with Crippen molar-refractivity contribution in [1.29, 1.82) is 0 Å². The summed E-state index contributed by atoms with van der Waals surface area (Å²) in [4.78, 5) is 37.2. The fourth-order valence-corrected chi connectivity index (χ4v) is 6.29. The molecule has 4 aromatic rings. The number of aromatic amines is 1. The predicted octanol–water partition coefficient (Wildman–Crippen LogP) is 4.15. The van der Waals surface area contributed by atoms with Gasteiger partial charge in [0, 0.05) is 68.0 Å². The number of aromatic nitrogens is 1. The molecule has 1 saturated heterocycles. The number of fused-ring (bicyclic) bond motifs is 3. The Hall–Kier alpha value is -4.30. The number of piperazine rings is 1. The highest BCUT2D eigenvalue weighted by molar-refractivity contribution is 6.02. The fraction of sp³-hybridized carbons (Fsp3) is 0.290. The number of H-pyrrole nitrogens is 1. The molecule has 2 atom stereocenters. The van der Waals surface area contributed by atoms with Crippen LogP contribution in [0, 0.1) is 0 Å². The Kier molecular flexibility index (Phi) is 5.77. The summed E-state index contributed by atoms with van der Waals surface area (Å²) in [7, 11) is 1.81. The molecule has 1 fully saturated rings. The van der Waals surface area contributed by atoms with Crippen LogP contribution in [0.5, 0.6) is 11.5 Å². The molecule has 3 aliphatic rings. The Morgan fingerprint density at radius 3 is 2.56 bits per heavy atom. The topological polar surface area (TPSA) is 78.1 Å². The number of carbonyl (C=O) groups is 2. The number of nitrogens with one attached hydrogen (secondary N) is 1. The van der Waals surface area contributed by atoms with Crippen LogP contribution in [-0.2, 0) is 11.3 Å². The summed E-state index contributed by atoms with van der Waals surface area (Å²) in [6.45, 7) is 3.90. The molecular weight excluding hydrogens is 492 g/mol. The number of rotatable bonds is 4. The molecule has 0 aliphatic carbocycles. The molecular formula is C31H30N4O4. The van der Waals surface area contributed by atoms with E-state index in [1.54, 1.807) is 4.90 Å². The summed E-state index contributed by atoms with van der Waals surface area (Å²) < 4.78 is 11.0. The van der Waals surface area contributed by atoms with Crippen LogP contribution >= 0.6 is 0 Å². The number of nitrogens with zero attached hydrogens (tertiary/aromatic N) is 3. The van der Waals surface area contributed by atoms with E-state index in [0.717, 1.165) is 53.2 Å². The van der Waals surface area contributed by atoms with Gasteiger partial charge in [0.2, 0.25) is 12.7 Å². The van der Waals surface area contributed by atoms with Crippen LogP contribution in [-0.4, -0.2) is 71.5 Å². The lowest BCUT2D eigenvalue weighted by Gasteiger charge is -2.43. The van der Waals surface area contributed by atoms with Crippen molar-refractivity contribution in [2.24, 2.45) is 0 Å². The van der Waals surface area contributed by atoms with Gasteiger partial charge in [-0.25, -0.2) is 0 Å². The number of carbonyl (C=O) groups excluding carboxylic acids is 2. The largest absolute Gasteiger partial charge is 0.454 e. The SMILES string of the molecule is CN1C(=O)c2ccccc2C(C(=O)N2CCN(Cc3ccc4c(c3)OCO4)CC2)C1c1c[nH]c2ccccc12. The van der Waals surface area contributed by atoms with E-state index in [0.29, 0.717) is 18.7 Å². The van der Waals surface area contributed by atoms with Crippen molar-refractivity contribution in [2.45, 2.75) is 18.5 Å². The molecule has 198 valence electrons. The summed E-state index contributed by atoms with van der Waals surface area (Å²) in [5.41, 5.74) is 4.55. The van der Waals surface area contributed by atoms with E-state index in [1.807, 2.05) is 72.7 Å². The zero-order chi connectivity index (χ0) is 26.5. The van der Waals surface area contributed by atoms with Gasteiger partial charge in [-0.15, -0.1) is 0 Å². The van der Waals surface area contributed by atoms with Gasteiger partial charge in [-0.05, 0) is 35.4 Å². The molecule has 39 heavy (non-hydrogen) atoms. The van der Waals surface area contributed by atoms with Gasteiger partial charge in [-0.3, -0.25) is 14.5 Å². The zero-order valence-electron chi connectivity index (χ0n) is 21.8. The minimum Gasteiger partial charge on any atom is -0.454 e. The van der Waals surface area contributed by atoms with Crippen molar-refractivity contribution >= 4 is 22.7 Å². The molecule has 1 N–H and O–H groups in total. The van der Waals surface area contributed by atoms with Crippen molar-refractivity contribution in [3.8, 4) is 11.5 Å². The molecule has 2 amide bonds. The quantitative estimate of drug-likeness (QED) is 0.436. The van der Waals surface area contributed by atoms with Crippen molar-refractivity contribution < 1.29 is 19.1 Å². The first kappa shape index (κ1) is 23.8. The molecule has 0 bridgehead atoms. The first-order valence-corrected chi connectivity index (χ1v) is 13.4. The minimum absolute atomic E-state index is 0.0570. The monoisotopic (exact) mass is 522 g/mol. The van der Waals surface area contributed by atoms with Crippen LogP contribution in [0.1, 0.15) is 39.0 Å². The minimum atomic E-state index is -0.483. The molecule has 0 radical (unpaired) electrons. The van der Waals surface area contributed by atoms with Gasteiger partial charge in [0.25, 0.3) is 5.91 Å². The second-order valence-corrected chi connectivity index (χ2v) is 10.5. The Bertz CT molecular complexity index is 1570. The zero-order valence-corrected chi connectivity index (χ0v) is 21.8. The van der Waals surface area contributed by atoms with Gasteiger partial charge < -0.3 is 24.3 Å². The number of hydrogen-bond acceptors (Lipinski definition) is 5. The second kappa shape index (κ2) is 9.47. The molecule has 0 saturated carbocycles. The third-order valence-electron chi connectivity index (χ3n) is 8.31. The van der Waals surface area contributed by atoms with E-state index in [2.05, 4.69) is 22.0 Å². The predicted molar refractivity (Wildman–Crippen MR) is 147 cm³/mol. The summed E-state index contributed by atoms with van der Waals surface area (Å²) in [6, 6.07) is 21.3. The Morgan fingerprint density at radius 1 is 0.923 bits per heavy atom. The van der Waals surface area contributed by atoms with E-state index in [-0.39, 0.29) is 18.6 Å². The van der Waals surface area contributed by atoms with Gasteiger partial charge in [-0.2, -0.15) is 0 Å². The standard InChI is InChI=1S/C31H30N4O4/c1-33-29(24-17-32-25-9-5-4-6-21(24)25)28(22-7-2-3-8-23(22)30(33)36)31(37)35-14-12-34(13-15-35)18-20-10-11-26-27(16-20)39-19-38-26/h2-11,16-17,28-29,32H,12-15,18-19H2,1H3. The maximum absolute atomic E-state index is 14.3. The highest BCUT2D eigenvalue weighted by Gasteiger charge is 2.45. The van der Waals surface area contributed by atoms with Gasteiger partial charge in [-0.1, -0.05) is 42.5 Å². The smallest absolute Gasteiger partial charge is 0.254 e. The fourth-order valence-electron chi connectivity index (χ4n) is 6.29. The van der Waals surface area contributed by atoms with E-state index in [4.69, 9.17) is 9.47 Å². The molecule has 4 heterocycles. The third-order valence-corrected chi connectivity index (χ3v) is 8.31. The number of hydrogen-bond donors (Lipinski definition) is 1. The lowest BCUT2D eigenvalue weighted by Crippen LogP contribution is -2.52. The van der Waals surface area contributed by atoms with Crippen molar-refractivity contribution in [3.63, 3.8) is 0 Å². The maximum Gasteiger partial charge on any atom is 0.254 e. The van der Waals surface area contributed by atoms with Crippen molar-refractivity contribution in [3.05, 3.63) is 95.2 Å². The van der Waals surface area contributed by atoms with E-state index < -0.39 is 12.0 Å². The van der Waals surface area contributed by atoms with E-state index >= 15 is 0 Å². The van der Waals surface area contributed by atoms with Crippen LogP contribution in [0.25, 0.3) is 10.9 Å². The Morgan fingerprint density at radius 2 is 1.69 bits per heavy atom. The average molecular weight is 523 g/mol. The molecule has 1 aromatic heterocycles. The average Bonchev–Trinajstić information content (AvgIpc) is 3.62. The van der Waals surface area contributed by atoms with Gasteiger partial charge in [0.1, 0.15) is 0 Å². The van der Waals surface area contributed by atoms with E-state index in [9.17, 15) is 9.59 Å². The van der Waals surface area contributed by atoms with Crippen LogP contribution in [0.15, 0.2) is 72.9 Å². The Labute approximate surface area is 226 Å². The van der Waals surface area contributed by atoms with Crippen LogP contribution in [0.3, 0.4) is 0 Å². The van der Waals surface area contributed by atoms with Gasteiger partial charge in [0.05, 0.1) is 12.0 Å². The summed E-state index contributed by atoms with van der Waals surface area (Å²) in [6.07, 6.45) is 1.95. The molecule has 8 nitrogen and oxygen atoms in total. The summed E-state index contributed by atoms with van der Waals surface area (Å²) >= 11 is 0. The molecule has 8 heteroatoms. The second-order valence-electron chi connectivity index (χ2n) is 10.5. The first-order chi connectivity index (χ1) is 19.1. The van der Waals surface area contributed by atoms with Crippen LogP contribution in [0.2, 0.25) is 0 Å². The number of likely N-dealkylation sites (N-methyl/N-ethyl adjacent to an activating group) is 1. The molecule has 7 rings (SSSR count). The molecule has 2 unspecified atom stereocenters. The van der Waals surface area contributed by atoms with Crippen molar-refractivity contribution in [2.75, 3.05) is 40.0 Å². The van der Waals surface area contributed by atoms with Crippen LogP contribution in [0.4, 0.5) is 0 Å². The van der Waals surface area contributed by atoms with Crippen molar-refractivity contribution in [1.82, 2.24) is 19.7 Å². The first-order valence-electron chi connectivity index (χ1n) is 13.4. The summed E-state index contributed by atoms with van der Waals surface area (Å²) in [5, 5.41) is 1.04. The number of ether oxygens (including phenoxy) is 2. The molecule has 0 spiro atoms. The highest BCUT2D eigenvalue weighted by Crippen LogP contribution is 2.45. The van der Waals surface area contributed by atoms with Gasteiger partial charge in [0.15, 0.2) is 11.5 Å². The molecule has 3 aliphatic heterocycles. The normalized spacial score (nSPS) is 20.9. The molecule has 3 aromatic carbocycles. The lowest BCUT2D eigenvalue weighted by atomic mass is 9.79. The highest BCUT2D eigenvalue weighted by atomic mass is 16.7. The van der Waals surface area contributed by atoms with Crippen LogP contribution < -0.4 is 9.47 Å². The number of amides is 2. The lowest BCUT2D eigenvalue weighted by molar-refractivity contribution is -0.136. The maximum atomic E-state index is 14.3. The third kappa shape index (κ3) is 4.03. The Balaban J connectivity index is 1.16. The van der Waals surface area contributed by atoms with Gasteiger partial charge >= 0.3 is 0 Å². The summed E-state index contributed by atoms with van der Waals surface area (Å²) in [5.74, 6) is 1.11. The number of para-hydroxylation sites is 1. The van der Waals surface area contributed by atoms with E-state index in [1.165, 1.54) is 5.56 Å².